The second-order valence-corrected chi connectivity index (χ2v) is 8.82. The fourth-order valence-electron chi connectivity index (χ4n) is 3.11. The molecule has 6 nitrogen and oxygen atoms in total. The average molecular weight is 462 g/mol. The fourth-order valence-corrected chi connectivity index (χ4v) is 4.71. The lowest BCUT2D eigenvalue weighted by Gasteiger charge is -2.10. The third kappa shape index (κ3) is 7.19. The Morgan fingerprint density at radius 1 is 1.03 bits per heavy atom. The number of thioether (sulfide) groups is 1. The van der Waals surface area contributed by atoms with E-state index >= 15 is 0 Å². The summed E-state index contributed by atoms with van der Waals surface area (Å²) in [5, 5.41) is 8.35. The molecule has 2 aromatic carbocycles. The van der Waals surface area contributed by atoms with Crippen molar-refractivity contribution in [2.45, 2.75) is 43.9 Å². The van der Waals surface area contributed by atoms with E-state index in [2.05, 4.69) is 24.8 Å². The number of unbranched alkanes of at least 4 members (excludes halogenated alkanes) is 4. The Kier molecular flexibility index (Phi) is 10.8. The van der Waals surface area contributed by atoms with Crippen molar-refractivity contribution >= 4 is 40.6 Å². The molecule has 3 rings (SSSR count). The van der Waals surface area contributed by atoms with Gasteiger partial charge < -0.3 is 10.8 Å². The molecule has 0 aliphatic rings. The number of benzene rings is 2. The quantitative estimate of drug-likeness (QED) is 0.326. The molecule has 3 N–H and O–H groups in total. The molecule has 3 aromatic rings. The molecule has 0 unspecified atom stereocenters. The Hall–Kier alpha value is -2.16. The number of hydrogen-bond donors (Lipinski definition) is 2. The minimum Gasteiger partial charge on any atom is -0.480 e. The van der Waals surface area contributed by atoms with Crippen molar-refractivity contribution in [3.05, 3.63) is 58.9 Å². The molecule has 1 heterocycles. The van der Waals surface area contributed by atoms with Crippen molar-refractivity contribution in [3.63, 3.8) is 0 Å². The van der Waals surface area contributed by atoms with Gasteiger partial charge in [-0.25, -0.2) is 8.77 Å². The molecule has 0 aliphatic heterocycles. The van der Waals surface area contributed by atoms with Crippen LogP contribution in [0.2, 0.25) is 0 Å². The molecule has 0 amide bonds. The molecular weight excluding hydrogens is 430 g/mol. The summed E-state index contributed by atoms with van der Waals surface area (Å²) in [4.78, 5) is 23.3. The average Bonchev–Trinajstić information content (AvgIpc) is 3.09. The van der Waals surface area contributed by atoms with E-state index < -0.39 is 5.97 Å². The van der Waals surface area contributed by atoms with Crippen LogP contribution in [0.4, 0.5) is 0 Å². The normalized spacial score (nSPS) is 10.7. The number of carboxylic acid groups (broad SMARTS) is 1. The zero-order chi connectivity index (χ0) is 22.6. The minimum atomic E-state index is -0.968. The number of rotatable bonds is 10. The molecule has 0 atom stereocenters. The first-order valence-corrected chi connectivity index (χ1v) is 12.6. The van der Waals surface area contributed by atoms with Crippen LogP contribution in [0.25, 0.3) is 16.6 Å². The van der Waals surface area contributed by atoms with Crippen molar-refractivity contribution in [1.29, 1.82) is 0 Å². The summed E-state index contributed by atoms with van der Waals surface area (Å²) in [7, 11) is 0. The summed E-state index contributed by atoms with van der Waals surface area (Å²) >= 11 is 3.44. The second-order valence-electron chi connectivity index (χ2n) is 6.94. The highest BCUT2D eigenvalue weighted by Crippen LogP contribution is 2.23. The molecule has 8 heteroatoms. The summed E-state index contributed by atoms with van der Waals surface area (Å²) in [5.74, 6) is 0.193. The Morgan fingerprint density at radius 2 is 1.68 bits per heavy atom. The van der Waals surface area contributed by atoms with Crippen LogP contribution in [0.1, 0.15) is 39.0 Å². The van der Waals surface area contributed by atoms with Gasteiger partial charge >= 0.3 is 5.97 Å². The number of aromatic nitrogens is 2. The lowest BCUT2D eigenvalue weighted by Crippen LogP contribution is -2.18. The van der Waals surface area contributed by atoms with E-state index in [1.165, 1.54) is 37.0 Å². The molecule has 0 spiro atoms. The number of fused-ring (bicyclic) bond motifs is 1. The van der Waals surface area contributed by atoms with Crippen LogP contribution in [0.5, 0.6) is 0 Å². The van der Waals surface area contributed by atoms with Gasteiger partial charge in [-0.05, 0) is 60.5 Å². The van der Waals surface area contributed by atoms with E-state index in [-0.39, 0.29) is 12.1 Å². The third-order valence-electron chi connectivity index (χ3n) is 4.66. The van der Waals surface area contributed by atoms with Gasteiger partial charge in [-0.1, -0.05) is 44.7 Å². The number of hydrogen-bond acceptors (Lipinski definition) is 5. The first-order chi connectivity index (χ1) is 15.0. The summed E-state index contributed by atoms with van der Waals surface area (Å²) in [6.07, 6.45) is 8.57. The molecule has 0 bridgehead atoms. The van der Waals surface area contributed by atoms with E-state index in [0.717, 1.165) is 22.3 Å². The summed E-state index contributed by atoms with van der Waals surface area (Å²) in [6.45, 7) is 1.97. The maximum Gasteiger partial charge on any atom is 0.317 e. The van der Waals surface area contributed by atoms with Crippen molar-refractivity contribution in [3.8, 4) is 5.69 Å². The summed E-state index contributed by atoms with van der Waals surface area (Å²) in [6, 6.07) is 16.1. The summed E-state index contributed by atoms with van der Waals surface area (Å²) in [5.41, 5.74) is 6.47. The monoisotopic (exact) mass is 461 g/mol. The minimum absolute atomic E-state index is 0.0336. The summed E-state index contributed by atoms with van der Waals surface area (Å²) < 4.78 is 3.72. The highest BCUT2D eigenvalue weighted by molar-refractivity contribution is 7.99. The van der Waals surface area contributed by atoms with E-state index in [1.54, 1.807) is 16.6 Å². The lowest BCUT2D eigenvalue weighted by atomic mass is 10.2. The van der Waals surface area contributed by atoms with Crippen LogP contribution in [0, 0.1) is 0 Å². The highest BCUT2D eigenvalue weighted by Gasteiger charge is 2.13. The predicted octanol–water partition coefficient (Wildman–Crippen LogP) is 5.01. The fraction of sp³-hybridized carbons (Fsp3) is 0.391. The van der Waals surface area contributed by atoms with Crippen molar-refractivity contribution in [1.82, 2.24) is 8.77 Å². The first kappa shape index (κ1) is 25.1. The number of nitrogens with zero attached hydrogens (tertiary/aromatic N) is 2. The van der Waals surface area contributed by atoms with Crippen molar-refractivity contribution in [2.24, 2.45) is 5.73 Å². The van der Waals surface area contributed by atoms with Gasteiger partial charge in [-0.2, -0.15) is 0 Å². The molecule has 0 radical (unpaired) electrons. The molecular formula is C23H31N3O3S2. The highest BCUT2D eigenvalue weighted by atomic mass is 32.2. The van der Waals surface area contributed by atoms with E-state index in [1.807, 2.05) is 58.5 Å². The van der Waals surface area contributed by atoms with Gasteiger partial charge in [0, 0.05) is 11.2 Å². The van der Waals surface area contributed by atoms with Gasteiger partial charge in [0.15, 0.2) is 0 Å². The van der Waals surface area contributed by atoms with Gasteiger partial charge in [0.2, 0.25) is 0 Å². The Bertz CT molecular complexity index is 1010. The van der Waals surface area contributed by atoms with Crippen LogP contribution in [-0.4, -0.2) is 38.4 Å². The van der Waals surface area contributed by atoms with Crippen molar-refractivity contribution in [2.75, 3.05) is 18.6 Å². The Balaban J connectivity index is 0.000000614. The van der Waals surface area contributed by atoms with Crippen molar-refractivity contribution < 1.29 is 9.90 Å². The van der Waals surface area contributed by atoms with Gasteiger partial charge in [-0.3, -0.25) is 9.59 Å². The standard InChI is InChI=1S/C21H26N2OS2.C2H5NO2/c1-3-4-5-6-9-16-26-18-14-12-17(13-15-18)22-21(24)19-10-7-8-11-20(19)23(22)25-2;3-1-2(4)5/h7-8,10-15H,3-6,9,16H2,1-2H3;1,3H2,(H,4,5). The molecule has 0 saturated carbocycles. The van der Waals surface area contributed by atoms with Crippen LogP contribution >= 0.6 is 23.7 Å². The first-order valence-electron chi connectivity index (χ1n) is 10.5. The van der Waals surface area contributed by atoms with E-state index in [0.29, 0.717) is 0 Å². The molecule has 0 fully saturated rings. The number of carboxylic acids is 1. The Labute approximate surface area is 191 Å². The van der Waals surface area contributed by atoms with Gasteiger partial charge in [0.05, 0.1) is 23.1 Å². The van der Waals surface area contributed by atoms with Gasteiger partial charge in [0.25, 0.3) is 5.56 Å². The van der Waals surface area contributed by atoms with Crippen LogP contribution in [0.15, 0.2) is 58.2 Å². The van der Waals surface area contributed by atoms with Gasteiger partial charge in [-0.15, -0.1) is 11.8 Å². The maximum absolute atomic E-state index is 12.8. The van der Waals surface area contributed by atoms with E-state index in [9.17, 15) is 9.59 Å². The smallest absolute Gasteiger partial charge is 0.317 e. The SMILES string of the molecule is CCCCCCCSc1ccc(-n2c(=O)c3ccccc3n2SC)cc1.NCC(=O)O. The van der Waals surface area contributed by atoms with Crippen LogP contribution in [-0.2, 0) is 4.79 Å². The van der Waals surface area contributed by atoms with E-state index in [4.69, 9.17) is 5.11 Å². The largest absolute Gasteiger partial charge is 0.480 e. The number of para-hydroxylation sites is 1. The number of carbonyl (C=O) groups is 1. The third-order valence-corrected chi connectivity index (χ3v) is 6.46. The van der Waals surface area contributed by atoms with Crippen LogP contribution < -0.4 is 11.3 Å². The lowest BCUT2D eigenvalue weighted by molar-refractivity contribution is -0.135. The molecule has 168 valence electrons. The van der Waals surface area contributed by atoms with Gasteiger partial charge in [0.1, 0.15) is 0 Å². The molecule has 1 aromatic heterocycles. The topological polar surface area (TPSA) is 90.3 Å². The Morgan fingerprint density at radius 3 is 2.29 bits per heavy atom. The predicted molar refractivity (Wildman–Crippen MR) is 133 cm³/mol. The number of nitrogens with two attached hydrogens (primary N) is 1. The zero-order valence-electron chi connectivity index (χ0n) is 18.1. The molecule has 0 aliphatic carbocycles. The maximum atomic E-state index is 12.8. The zero-order valence-corrected chi connectivity index (χ0v) is 19.8. The number of aliphatic carboxylic acids is 1. The molecule has 31 heavy (non-hydrogen) atoms. The second kappa shape index (κ2) is 13.3. The molecule has 0 saturated heterocycles. The van der Waals surface area contributed by atoms with Crippen LogP contribution in [0.3, 0.4) is 0 Å².